The Bertz CT molecular complexity index is 228. The zero-order chi connectivity index (χ0) is 14.9. The molecule has 0 aliphatic heterocycles. The summed E-state index contributed by atoms with van der Waals surface area (Å²) >= 11 is 13.1. The lowest BCUT2D eigenvalue weighted by Gasteiger charge is -2.15. The molecule has 0 spiro atoms. The summed E-state index contributed by atoms with van der Waals surface area (Å²) < 4.78 is 5.73. The average Bonchev–Trinajstić information content (AvgIpc) is 2.16. The third kappa shape index (κ3) is 14.5. The normalized spacial score (nSPS) is 9.89. The molecule has 0 saturated carbocycles. The van der Waals surface area contributed by atoms with E-state index in [0.29, 0.717) is 0 Å². The maximum absolute atomic E-state index is 5.00. The second-order valence-corrected chi connectivity index (χ2v) is 8.02. The summed E-state index contributed by atoms with van der Waals surface area (Å²) in [6, 6.07) is 0. The van der Waals surface area contributed by atoms with Gasteiger partial charge in [0.1, 0.15) is 0 Å². The van der Waals surface area contributed by atoms with Crippen LogP contribution >= 0.6 is 48.3 Å². The molecule has 0 fully saturated rings. The standard InChI is InChI=1S/2C5H12N2S2/c2*1-6(2)5(8)9-7(3)4/h2*1-4H3. The van der Waals surface area contributed by atoms with Crippen LogP contribution in [0.15, 0.2) is 0 Å². The summed E-state index contributed by atoms with van der Waals surface area (Å²) in [5.74, 6) is 0. The van der Waals surface area contributed by atoms with Crippen molar-refractivity contribution in [3.8, 4) is 0 Å². The molecule has 0 N–H and O–H groups in total. The molecule has 0 bridgehead atoms. The molecule has 0 aromatic heterocycles. The van der Waals surface area contributed by atoms with E-state index in [4.69, 9.17) is 24.4 Å². The van der Waals surface area contributed by atoms with E-state index in [0.717, 1.165) is 8.64 Å². The van der Waals surface area contributed by atoms with Gasteiger partial charge in [-0.25, -0.2) is 0 Å². The van der Waals surface area contributed by atoms with E-state index in [-0.39, 0.29) is 0 Å². The van der Waals surface area contributed by atoms with Gasteiger partial charge < -0.3 is 9.80 Å². The number of hydrogen-bond acceptors (Lipinski definition) is 6. The van der Waals surface area contributed by atoms with Crippen LogP contribution in [0.4, 0.5) is 0 Å². The Hall–Kier alpha value is 0.400. The summed E-state index contributed by atoms with van der Waals surface area (Å²) in [5.41, 5.74) is 0. The van der Waals surface area contributed by atoms with E-state index in [1.165, 1.54) is 0 Å². The molecule has 0 radical (unpaired) electrons. The Kier molecular flexibility index (Phi) is 12.9. The largest absolute Gasteiger partial charge is 0.363 e. The fourth-order valence-electron chi connectivity index (χ4n) is 0.476. The van der Waals surface area contributed by atoms with Gasteiger partial charge in [0.2, 0.25) is 0 Å². The number of hydrogen-bond donors (Lipinski definition) is 0. The first-order valence-electron chi connectivity index (χ1n) is 5.21. The van der Waals surface area contributed by atoms with Crippen molar-refractivity contribution < 1.29 is 0 Å². The van der Waals surface area contributed by atoms with E-state index >= 15 is 0 Å². The smallest absolute Gasteiger partial charge is 0.151 e. The quantitative estimate of drug-likeness (QED) is 0.557. The lowest BCUT2D eigenvalue weighted by molar-refractivity contribution is 0.641. The topological polar surface area (TPSA) is 13.0 Å². The zero-order valence-electron chi connectivity index (χ0n) is 12.4. The highest BCUT2D eigenvalue weighted by atomic mass is 32.2. The molecule has 0 aliphatic rings. The molecule has 4 nitrogen and oxygen atoms in total. The zero-order valence-corrected chi connectivity index (χ0v) is 15.7. The second-order valence-electron chi connectivity index (χ2n) is 4.13. The van der Waals surface area contributed by atoms with Gasteiger partial charge in [0, 0.05) is 28.2 Å². The molecule has 108 valence electrons. The number of rotatable bonds is 2. The Morgan fingerprint density at radius 2 is 0.833 bits per heavy atom. The Balaban J connectivity index is 0. The highest BCUT2D eigenvalue weighted by molar-refractivity contribution is 8.21. The summed E-state index contributed by atoms with van der Waals surface area (Å²) in [4.78, 5) is 3.83. The van der Waals surface area contributed by atoms with Crippen LogP contribution in [0.1, 0.15) is 0 Å². The van der Waals surface area contributed by atoms with E-state index < -0.39 is 0 Å². The van der Waals surface area contributed by atoms with Crippen LogP contribution in [0.3, 0.4) is 0 Å². The molecule has 0 aromatic rings. The van der Waals surface area contributed by atoms with Crippen LogP contribution < -0.4 is 0 Å². The van der Waals surface area contributed by atoms with Crippen LogP contribution in [0, 0.1) is 0 Å². The van der Waals surface area contributed by atoms with Gasteiger partial charge in [0.05, 0.1) is 0 Å². The van der Waals surface area contributed by atoms with Crippen molar-refractivity contribution in [3.63, 3.8) is 0 Å². The third-order valence-corrected chi connectivity index (χ3v) is 4.20. The van der Waals surface area contributed by atoms with E-state index in [2.05, 4.69) is 0 Å². The maximum Gasteiger partial charge on any atom is 0.151 e. The second kappa shape index (κ2) is 11.2. The molecule has 18 heavy (non-hydrogen) atoms. The van der Waals surface area contributed by atoms with Gasteiger partial charge in [-0.15, -0.1) is 0 Å². The van der Waals surface area contributed by atoms with Crippen LogP contribution in [-0.4, -0.2) is 83.4 Å². The minimum absolute atomic E-state index is 0.889. The van der Waals surface area contributed by atoms with Crippen LogP contribution in [-0.2, 0) is 0 Å². The minimum atomic E-state index is 0.889. The Morgan fingerprint density at radius 3 is 0.889 bits per heavy atom. The van der Waals surface area contributed by atoms with Crippen molar-refractivity contribution in [2.45, 2.75) is 0 Å². The van der Waals surface area contributed by atoms with Gasteiger partial charge in [0.15, 0.2) is 8.64 Å². The van der Waals surface area contributed by atoms with Crippen molar-refractivity contribution in [2.24, 2.45) is 0 Å². The Morgan fingerprint density at radius 1 is 0.611 bits per heavy atom. The monoisotopic (exact) mass is 328 g/mol. The van der Waals surface area contributed by atoms with Crippen molar-refractivity contribution in [3.05, 3.63) is 0 Å². The maximum atomic E-state index is 5.00. The van der Waals surface area contributed by atoms with Crippen molar-refractivity contribution in [1.82, 2.24) is 18.4 Å². The summed E-state index contributed by atoms with van der Waals surface area (Å²) in [6.07, 6.45) is 0. The highest BCUT2D eigenvalue weighted by Crippen LogP contribution is 2.08. The van der Waals surface area contributed by atoms with Gasteiger partial charge in [-0.3, -0.25) is 8.61 Å². The predicted octanol–water partition coefficient (Wildman–Crippen LogP) is 2.09. The number of nitrogens with zero attached hydrogens (tertiary/aromatic N) is 4. The van der Waals surface area contributed by atoms with Crippen LogP contribution in [0.5, 0.6) is 0 Å². The van der Waals surface area contributed by atoms with E-state index in [1.54, 1.807) is 23.9 Å². The SMILES string of the molecule is CN(C)SC(=S)N(C)C.CN(C)SC(=S)N(C)C. The summed E-state index contributed by atoms with van der Waals surface area (Å²) in [6.45, 7) is 0. The van der Waals surface area contributed by atoms with Gasteiger partial charge in [0.25, 0.3) is 0 Å². The minimum Gasteiger partial charge on any atom is -0.363 e. The molecule has 0 heterocycles. The summed E-state index contributed by atoms with van der Waals surface area (Å²) in [7, 11) is 15.7. The van der Waals surface area contributed by atoms with E-state index in [9.17, 15) is 0 Å². The molecular weight excluding hydrogens is 304 g/mol. The lowest BCUT2D eigenvalue weighted by Crippen LogP contribution is -2.19. The van der Waals surface area contributed by atoms with Crippen LogP contribution in [0.25, 0.3) is 0 Å². The first-order valence-corrected chi connectivity index (χ1v) is 7.57. The van der Waals surface area contributed by atoms with Crippen molar-refractivity contribution >= 4 is 57.0 Å². The van der Waals surface area contributed by atoms with Crippen molar-refractivity contribution in [1.29, 1.82) is 0 Å². The lowest BCUT2D eigenvalue weighted by atomic mass is 11.0. The molecule has 0 unspecified atom stereocenters. The van der Waals surface area contributed by atoms with Crippen LogP contribution in [0.2, 0.25) is 0 Å². The molecule has 0 rings (SSSR count). The molecule has 0 amide bonds. The predicted molar refractivity (Wildman–Crippen MR) is 95.1 cm³/mol. The van der Waals surface area contributed by atoms with E-state index in [1.807, 2.05) is 74.8 Å². The number of thiocarbonyl (C=S) groups is 2. The summed E-state index contributed by atoms with van der Waals surface area (Å²) in [5, 5.41) is 0. The fraction of sp³-hybridized carbons (Fsp3) is 0.800. The van der Waals surface area contributed by atoms with Gasteiger partial charge in [-0.05, 0) is 52.1 Å². The third-order valence-electron chi connectivity index (χ3n) is 1.25. The first kappa shape index (κ1) is 20.7. The van der Waals surface area contributed by atoms with Gasteiger partial charge in [-0.2, -0.15) is 0 Å². The highest BCUT2D eigenvalue weighted by Gasteiger charge is 2.00. The first-order chi connectivity index (χ1) is 8.07. The molecule has 0 saturated heterocycles. The van der Waals surface area contributed by atoms with Gasteiger partial charge >= 0.3 is 0 Å². The fourth-order valence-corrected chi connectivity index (χ4v) is 2.32. The average molecular weight is 329 g/mol. The Labute approximate surface area is 131 Å². The molecule has 0 aliphatic carbocycles. The molecule has 8 heteroatoms. The van der Waals surface area contributed by atoms with Gasteiger partial charge in [-0.1, -0.05) is 24.4 Å². The van der Waals surface area contributed by atoms with Crippen molar-refractivity contribution in [2.75, 3.05) is 56.4 Å². The molecule has 0 aromatic carbocycles. The molecule has 0 atom stereocenters. The molecular formula is C10H24N4S4.